The highest BCUT2D eigenvalue weighted by Crippen LogP contribution is 2.10. The molecule has 0 aliphatic heterocycles. The molecule has 0 fully saturated rings. The van der Waals surface area contributed by atoms with Crippen LogP contribution in [0.15, 0.2) is 29.4 Å². The second kappa shape index (κ2) is 8.27. The molecule has 0 N–H and O–H groups in total. The zero-order valence-corrected chi connectivity index (χ0v) is 9.45. The highest BCUT2D eigenvalue weighted by molar-refractivity contribution is 4.92. The summed E-state index contributed by atoms with van der Waals surface area (Å²) in [6.07, 6.45) is 13.8. The Balaban J connectivity index is 1.83. The molecule has 0 aliphatic carbocycles. The Morgan fingerprint density at radius 1 is 1.13 bits per heavy atom. The van der Waals surface area contributed by atoms with Crippen molar-refractivity contribution >= 4 is 0 Å². The minimum Gasteiger partial charge on any atom is -0.361 e. The van der Waals surface area contributed by atoms with Crippen LogP contribution >= 0.6 is 0 Å². The van der Waals surface area contributed by atoms with Crippen LogP contribution < -0.4 is 0 Å². The number of nitrogens with zero attached hydrogens (tertiary/aromatic N) is 1. The predicted molar refractivity (Wildman–Crippen MR) is 62.7 cm³/mol. The lowest BCUT2D eigenvalue weighted by Crippen LogP contribution is -1.84. The maximum Gasteiger partial charge on any atom is 0.136 e. The first kappa shape index (κ1) is 12.0. The van der Waals surface area contributed by atoms with E-state index >= 15 is 0 Å². The van der Waals surface area contributed by atoms with Crippen molar-refractivity contribution in [3.8, 4) is 0 Å². The van der Waals surface area contributed by atoms with E-state index in [2.05, 4.69) is 11.7 Å². The Hall–Kier alpha value is -1.05. The molecular formula is C13H21NO. The molecule has 1 rings (SSSR count). The number of aryl methyl sites for hydroxylation is 1. The largest absolute Gasteiger partial charge is 0.361 e. The van der Waals surface area contributed by atoms with E-state index in [0.717, 1.165) is 18.6 Å². The van der Waals surface area contributed by atoms with E-state index in [9.17, 15) is 0 Å². The Labute approximate surface area is 92.4 Å². The van der Waals surface area contributed by atoms with E-state index in [-0.39, 0.29) is 0 Å². The third kappa shape index (κ3) is 6.10. The van der Waals surface area contributed by atoms with Crippen molar-refractivity contribution in [3.63, 3.8) is 0 Å². The van der Waals surface area contributed by atoms with Gasteiger partial charge in [0.05, 0.1) is 6.20 Å². The molecule has 0 unspecified atom stereocenters. The predicted octanol–water partition coefficient (Wildman–Crippen LogP) is 4.13. The Morgan fingerprint density at radius 2 is 1.87 bits per heavy atom. The minimum atomic E-state index is 1.02. The zero-order chi connectivity index (χ0) is 10.8. The summed E-state index contributed by atoms with van der Waals surface area (Å²) in [4.78, 5) is 0. The van der Waals surface area contributed by atoms with Gasteiger partial charge in [-0.2, -0.15) is 0 Å². The van der Waals surface area contributed by atoms with Gasteiger partial charge < -0.3 is 4.52 Å². The van der Waals surface area contributed by atoms with Crippen LogP contribution in [-0.2, 0) is 6.42 Å². The number of unbranched alkanes of at least 4 members (excludes halogenated alkanes) is 6. The molecule has 0 radical (unpaired) electrons. The molecule has 2 nitrogen and oxygen atoms in total. The lowest BCUT2D eigenvalue weighted by molar-refractivity contribution is 0.378. The molecule has 84 valence electrons. The number of allylic oxidation sites excluding steroid dienone is 1. The fourth-order valence-corrected chi connectivity index (χ4v) is 1.67. The van der Waals surface area contributed by atoms with Gasteiger partial charge in [-0.1, -0.05) is 36.9 Å². The quantitative estimate of drug-likeness (QED) is 0.449. The first-order chi connectivity index (χ1) is 7.43. The topological polar surface area (TPSA) is 26.0 Å². The molecule has 0 aliphatic rings. The van der Waals surface area contributed by atoms with Crippen molar-refractivity contribution in [2.24, 2.45) is 0 Å². The molecule has 2 heteroatoms. The van der Waals surface area contributed by atoms with E-state index in [1.165, 1.54) is 38.5 Å². The maximum atomic E-state index is 5.03. The van der Waals surface area contributed by atoms with E-state index in [1.807, 2.05) is 12.1 Å². The van der Waals surface area contributed by atoms with Crippen LogP contribution in [0.5, 0.6) is 0 Å². The molecule has 0 aromatic carbocycles. The van der Waals surface area contributed by atoms with Crippen LogP contribution in [-0.4, -0.2) is 5.16 Å². The van der Waals surface area contributed by atoms with Crippen LogP contribution in [0, 0.1) is 0 Å². The molecule has 1 heterocycles. The molecule has 1 aromatic heterocycles. The number of rotatable bonds is 9. The molecule has 1 aromatic rings. The molecule has 0 saturated heterocycles. The second-order valence-electron chi connectivity index (χ2n) is 3.93. The van der Waals surface area contributed by atoms with Crippen molar-refractivity contribution in [2.75, 3.05) is 0 Å². The van der Waals surface area contributed by atoms with Gasteiger partial charge in [-0.25, -0.2) is 0 Å². The van der Waals surface area contributed by atoms with Crippen molar-refractivity contribution in [3.05, 3.63) is 30.7 Å². The van der Waals surface area contributed by atoms with Gasteiger partial charge in [-0.3, -0.25) is 0 Å². The summed E-state index contributed by atoms with van der Waals surface area (Å²) in [5.41, 5.74) is 0. The van der Waals surface area contributed by atoms with Gasteiger partial charge in [0.1, 0.15) is 5.76 Å². The summed E-state index contributed by atoms with van der Waals surface area (Å²) < 4.78 is 5.03. The summed E-state index contributed by atoms with van der Waals surface area (Å²) >= 11 is 0. The van der Waals surface area contributed by atoms with Gasteiger partial charge in [-0.05, 0) is 19.3 Å². The normalized spacial score (nSPS) is 10.4. The standard InChI is InChI=1S/C13H21NO/c1-2-3-4-5-6-7-8-9-10-13-11-12-14-15-13/h2,11-12H,1,3-10H2. The van der Waals surface area contributed by atoms with E-state index in [4.69, 9.17) is 4.52 Å². The summed E-state index contributed by atoms with van der Waals surface area (Å²) in [5.74, 6) is 1.02. The van der Waals surface area contributed by atoms with Crippen molar-refractivity contribution in [1.29, 1.82) is 0 Å². The van der Waals surface area contributed by atoms with Gasteiger partial charge >= 0.3 is 0 Å². The lowest BCUT2D eigenvalue weighted by atomic mass is 10.1. The van der Waals surface area contributed by atoms with Crippen LogP contribution in [0.25, 0.3) is 0 Å². The lowest BCUT2D eigenvalue weighted by Gasteiger charge is -1.99. The molecule has 0 bridgehead atoms. The van der Waals surface area contributed by atoms with Crippen molar-refractivity contribution in [2.45, 2.75) is 51.4 Å². The molecule has 0 saturated carbocycles. The third-order valence-electron chi connectivity index (χ3n) is 2.57. The molecule has 0 amide bonds. The van der Waals surface area contributed by atoms with Crippen molar-refractivity contribution in [1.82, 2.24) is 5.16 Å². The zero-order valence-electron chi connectivity index (χ0n) is 9.45. The Morgan fingerprint density at radius 3 is 2.53 bits per heavy atom. The van der Waals surface area contributed by atoms with Crippen molar-refractivity contribution < 1.29 is 4.52 Å². The summed E-state index contributed by atoms with van der Waals surface area (Å²) in [6.45, 7) is 3.72. The van der Waals surface area contributed by atoms with Gasteiger partial charge in [0.15, 0.2) is 0 Å². The fourth-order valence-electron chi connectivity index (χ4n) is 1.67. The number of hydrogen-bond donors (Lipinski definition) is 0. The summed E-state index contributed by atoms with van der Waals surface area (Å²) in [6, 6.07) is 1.95. The third-order valence-corrected chi connectivity index (χ3v) is 2.57. The Bertz CT molecular complexity index is 241. The molecule has 15 heavy (non-hydrogen) atoms. The van der Waals surface area contributed by atoms with Gasteiger partial charge in [0.25, 0.3) is 0 Å². The van der Waals surface area contributed by atoms with Gasteiger partial charge in [-0.15, -0.1) is 6.58 Å². The first-order valence-electron chi connectivity index (χ1n) is 5.94. The SMILES string of the molecule is C=CCCCCCCCCc1ccno1. The molecule has 0 spiro atoms. The summed E-state index contributed by atoms with van der Waals surface area (Å²) in [7, 11) is 0. The van der Waals surface area contributed by atoms with E-state index in [1.54, 1.807) is 6.20 Å². The molecular weight excluding hydrogens is 186 g/mol. The van der Waals surface area contributed by atoms with E-state index in [0.29, 0.717) is 0 Å². The van der Waals surface area contributed by atoms with Crippen LogP contribution in [0.1, 0.15) is 50.7 Å². The number of hydrogen-bond acceptors (Lipinski definition) is 2. The first-order valence-corrected chi connectivity index (χ1v) is 5.94. The molecule has 0 atom stereocenters. The average molecular weight is 207 g/mol. The Kier molecular flexibility index (Phi) is 6.63. The summed E-state index contributed by atoms with van der Waals surface area (Å²) in [5, 5.41) is 3.69. The highest BCUT2D eigenvalue weighted by Gasteiger charge is 1.96. The average Bonchev–Trinajstić information content (AvgIpc) is 2.75. The fraction of sp³-hybridized carbons (Fsp3) is 0.615. The van der Waals surface area contributed by atoms with E-state index < -0.39 is 0 Å². The minimum absolute atomic E-state index is 1.02. The highest BCUT2D eigenvalue weighted by atomic mass is 16.5. The monoisotopic (exact) mass is 207 g/mol. The van der Waals surface area contributed by atoms with Crippen LogP contribution in [0.4, 0.5) is 0 Å². The second-order valence-corrected chi connectivity index (χ2v) is 3.93. The van der Waals surface area contributed by atoms with Gasteiger partial charge in [0.2, 0.25) is 0 Å². The number of aromatic nitrogens is 1. The van der Waals surface area contributed by atoms with Gasteiger partial charge in [0, 0.05) is 12.5 Å². The van der Waals surface area contributed by atoms with Crippen LogP contribution in [0.3, 0.4) is 0 Å². The maximum absolute atomic E-state index is 5.03. The smallest absolute Gasteiger partial charge is 0.136 e. The van der Waals surface area contributed by atoms with Crippen LogP contribution in [0.2, 0.25) is 0 Å².